The molecule has 0 fully saturated rings. The van der Waals surface area contributed by atoms with Crippen molar-refractivity contribution in [3.05, 3.63) is 70.7 Å². The van der Waals surface area contributed by atoms with E-state index in [9.17, 15) is 0 Å². The van der Waals surface area contributed by atoms with Gasteiger partial charge in [0.15, 0.2) is 0 Å². The number of thiophene rings is 1. The minimum absolute atomic E-state index is 1.16. The van der Waals surface area contributed by atoms with E-state index in [-0.39, 0.29) is 0 Å². The number of hydrogen-bond donors (Lipinski definition) is 0. The van der Waals surface area contributed by atoms with E-state index in [2.05, 4.69) is 83.5 Å². The molecule has 0 aliphatic heterocycles. The summed E-state index contributed by atoms with van der Waals surface area (Å²) < 4.78 is 3.85. The number of aryl methyl sites for hydroxylation is 1. The van der Waals surface area contributed by atoms with Crippen molar-refractivity contribution in [2.45, 2.75) is 20.8 Å². The molecule has 0 radical (unpaired) electrons. The highest BCUT2D eigenvalue weighted by molar-refractivity contribution is 9.10. The standard InChI is InChI=1S/C19H13BrS.C2H6/c1-12-7-9-16-14(11-12)19-17(21-16)10-8-15(20)18(19)13-5-3-2-4-6-13;1-2/h2-11H,1H3;1-2H3. The first kappa shape index (κ1) is 16.2. The van der Waals surface area contributed by atoms with Gasteiger partial charge in [0.1, 0.15) is 0 Å². The van der Waals surface area contributed by atoms with Crippen LogP contribution in [0.5, 0.6) is 0 Å². The summed E-state index contributed by atoms with van der Waals surface area (Å²) in [5, 5.41) is 2.72. The zero-order chi connectivity index (χ0) is 16.4. The lowest BCUT2D eigenvalue weighted by Crippen LogP contribution is -1.81. The van der Waals surface area contributed by atoms with Crippen molar-refractivity contribution >= 4 is 47.4 Å². The van der Waals surface area contributed by atoms with Crippen molar-refractivity contribution in [1.82, 2.24) is 0 Å². The van der Waals surface area contributed by atoms with Gasteiger partial charge < -0.3 is 0 Å². The van der Waals surface area contributed by atoms with E-state index in [1.807, 2.05) is 25.2 Å². The van der Waals surface area contributed by atoms with Crippen LogP contribution in [-0.4, -0.2) is 0 Å². The molecule has 1 aromatic heterocycles. The Hall–Kier alpha value is -1.64. The van der Waals surface area contributed by atoms with Gasteiger partial charge in [0.25, 0.3) is 0 Å². The average molecular weight is 383 g/mol. The highest BCUT2D eigenvalue weighted by Crippen LogP contribution is 2.43. The molecule has 0 aliphatic carbocycles. The smallest absolute Gasteiger partial charge is 0.0362 e. The van der Waals surface area contributed by atoms with Crippen LogP contribution in [0.2, 0.25) is 0 Å². The first-order valence-electron chi connectivity index (χ1n) is 7.91. The number of rotatable bonds is 1. The fraction of sp³-hybridized carbons (Fsp3) is 0.143. The summed E-state index contributed by atoms with van der Waals surface area (Å²) in [4.78, 5) is 0. The lowest BCUT2D eigenvalue weighted by molar-refractivity contribution is 1.50. The zero-order valence-electron chi connectivity index (χ0n) is 13.6. The lowest BCUT2D eigenvalue weighted by atomic mass is 9.99. The first-order chi connectivity index (χ1) is 11.2. The van der Waals surface area contributed by atoms with Crippen LogP contribution in [0.1, 0.15) is 19.4 Å². The van der Waals surface area contributed by atoms with Crippen LogP contribution >= 0.6 is 27.3 Å². The SMILES string of the molecule is CC.Cc1ccc2sc3ccc(Br)c(-c4ccccc4)c3c2c1. The zero-order valence-corrected chi connectivity index (χ0v) is 16.0. The first-order valence-corrected chi connectivity index (χ1v) is 9.52. The van der Waals surface area contributed by atoms with Gasteiger partial charge in [0.2, 0.25) is 0 Å². The minimum Gasteiger partial charge on any atom is -0.135 e. The molecule has 0 atom stereocenters. The van der Waals surface area contributed by atoms with Crippen molar-refractivity contribution in [2.24, 2.45) is 0 Å². The molecule has 4 rings (SSSR count). The van der Waals surface area contributed by atoms with Crippen molar-refractivity contribution in [3.8, 4) is 11.1 Å². The molecule has 0 aliphatic rings. The molecule has 23 heavy (non-hydrogen) atoms. The second-order valence-electron chi connectivity index (χ2n) is 5.26. The summed E-state index contributed by atoms with van der Waals surface area (Å²) in [6, 6.07) is 21.7. The molecule has 4 aromatic rings. The normalized spacial score (nSPS) is 10.6. The number of hydrogen-bond acceptors (Lipinski definition) is 1. The Bertz CT molecular complexity index is 952. The Morgan fingerprint density at radius 1 is 0.826 bits per heavy atom. The predicted molar refractivity (Wildman–Crippen MR) is 109 cm³/mol. The molecule has 0 amide bonds. The summed E-state index contributed by atoms with van der Waals surface area (Å²) in [6.07, 6.45) is 0. The van der Waals surface area contributed by atoms with Crippen molar-refractivity contribution in [1.29, 1.82) is 0 Å². The van der Waals surface area contributed by atoms with Crippen molar-refractivity contribution < 1.29 is 0 Å². The molecule has 1 heterocycles. The second kappa shape index (κ2) is 6.86. The van der Waals surface area contributed by atoms with E-state index in [0.29, 0.717) is 0 Å². The summed E-state index contributed by atoms with van der Waals surface area (Å²) in [7, 11) is 0. The number of benzene rings is 3. The Balaban J connectivity index is 0.000000753. The van der Waals surface area contributed by atoms with E-state index >= 15 is 0 Å². The van der Waals surface area contributed by atoms with Crippen LogP contribution in [0.3, 0.4) is 0 Å². The third-order valence-electron chi connectivity index (χ3n) is 3.80. The van der Waals surface area contributed by atoms with E-state index in [1.54, 1.807) is 0 Å². The Morgan fingerprint density at radius 2 is 1.52 bits per heavy atom. The van der Waals surface area contributed by atoms with Crippen LogP contribution in [0.4, 0.5) is 0 Å². The quantitative estimate of drug-likeness (QED) is 0.314. The largest absolute Gasteiger partial charge is 0.135 e. The molecule has 0 unspecified atom stereocenters. The molecule has 3 aromatic carbocycles. The summed E-state index contributed by atoms with van der Waals surface area (Å²) >= 11 is 5.61. The highest BCUT2D eigenvalue weighted by atomic mass is 79.9. The molecule has 0 bridgehead atoms. The molecule has 0 saturated carbocycles. The van der Waals surface area contributed by atoms with E-state index in [0.717, 1.165) is 4.47 Å². The Kier molecular flexibility index (Phi) is 4.84. The van der Waals surface area contributed by atoms with Crippen LogP contribution in [-0.2, 0) is 0 Å². The maximum absolute atomic E-state index is 3.75. The highest BCUT2D eigenvalue weighted by Gasteiger charge is 2.13. The van der Waals surface area contributed by atoms with Gasteiger partial charge in [-0.05, 0) is 36.8 Å². The maximum atomic E-state index is 3.75. The molecule has 0 spiro atoms. The van der Waals surface area contributed by atoms with E-state index in [4.69, 9.17) is 0 Å². The topological polar surface area (TPSA) is 0 Å². The molecule has 2 heteroatoms. The van der Waals surface area contributed by atoms with Crippen LogP contribution in [0, 0.1) is 6.92 Å². The molecule has 0 N–H and O–H groups in total. The molecular formula is C21H19BrS. The lowest BCUT2D eigenvalue weighted by Gasteiger charge is -2.08. The van der Waals surface area contributed by atoms with Crippen LogP contribution in [0.25, 0.3) is 31.3 Å². The van der Waals surface area contributed by atoms with E-state index < -0.39 is 0 Å². The van der Waals surface area contributed by atoms with Gasteiger partial charge in [-0.25, -0.2) is 0 Å². The maximum Gasteiger partial charge on any atom is 0.0362 e. The number of fused-ring (bicyclic) bond motifs is 3. The Labute approximate surface area is 149 Å². The fourth-order valence-corrected chi connectivity index (χ4v) is 4.50. The van der Waals surface area contributed by atoms with Gasteiger partial charge in [0.05, 0.1) is 0 Å². The van der Waals surface area contributed by atoms with Gasteiger partial charge in [-0.2, -0.15) is 0 Å². The average Bonchev–Trinajstić information content (AvgIpc) is 2.95. The van der Waals surface area contributed by atoms with Crippen molar-refractivity contribution in [2.75, 3.05) is 0 Å². The molecular weight excluding hydrogens is 364 g/mol. The summed E-state index contributed by atoms with van der Waals surface area (Å²) in [5.74, 6) is 0. The summed E-state index contributed by atoms with van der Waals surface area (Å²) in [5.41, 5.74) is 3.86. The second-order valence-corrected chi connectivity index (χ2v) is 7.20. The molecule has 0 nitrogen and oxygen atoms in total. The summed E-state index contributed by atoms with van der Waals surface area (Å²) in [6.45, 7) is 6.16. The Morgan fingerprint density at radius 3 is 2.26 bits per heavy atom. The van der Waals surface area contributed by atoms with Crippen LogP contribution < -0.4 is 0 Å². The molecule has 116 valence electrons. The van der Waals surface area contributed by atoms with E-state index in [1.165, 1.54) is 36.9 Å². The van der Waals surface area contributed by atoms with Gasteiger partial charge in [-0.3, -0.25) is 0 Å². The van der Waals surface area contributed by atoms with Crippen LogP contribution in [0.15, 0.2) is 65.1 Å². The third kappa shape index (κ3) is 2.93. The third-order valence-corrected chi connectivity index (χ3v) is 5.60. The van der Waals surface area contributed by atoms with Gasteiger partial charge in [0, 0.05) is 30.2 Å². The van der Waals surface area contributed by atoms with Gasteiger partial charge in [-0.1, -0.05) is 71.7 Å². The molecule has 0 saturated heterocycles. The van der Waals surface area contributed by atoms with Crippen molar-refractivity contribution in [3.63, 3.8) is 0 Å². The van der Waals surface area contributed by atoms with Gasteiger partial charge in [-0.15, -0.1) is 11.3 Å². The number of halogens is 1. The minimum atomic E-state index is 1.16. The predicted octanol–water partition coefficient (Wildman–Crippen LogP) is 7.82. The fourth-order valence-electron chi connectivity index (χ4n) is 2.84. The monoisotopic (exact) mass is 382 g/mol. The van der Waals surface area contributed by atoms with Gasteiger partial charge >= 0.3 is 0 Å².